The molecule has 38 heavy (non-hydrogen) atoms. The van der Waals surface area contributed by atoms with Gasteiger partial charge in [-0.2, -0.15) is 0 Å². The highest BCUT2D eigenvalue weighted by Crippen LogP contribution is 2.06. The SMILES string of the molecule is NCCOB(c1ccccc1)c1ccccc1CCOCc1ccccc1B(OCCN)c1ccccc1. The van der Waals surface area contributed by atoms with Crippen LogP contribution >= 0.6 is 0 Å². The molecule has 0 aliphatic heterocycles. The molecule has 0 aliphatic carbocycles. The third-order valence-electron chi connectivity index (χ3n) is 6.46. The molecule has 0 bridgehead atoms. The number of hydrogen-bond donors (Lipinski definition) is 2. The minimum Gasteiger partial charge on any atom is -0.426 e. The summed E-state index contributed by atoms with van der Waals surface area (Å²) >= 11 is 0. The van der Waals surface area contributed by atoms with Crippen LogP contribution in [0.4, 0.5) is 0 Å². The third kappa shape index (κ3) is 7.67. The Morgan fingerprint density at radius 2 is 0.947 bits per heavy atom. The molecule has 4 aromatic rings. The predicted molar refractivity (Wildman–Crippen MR) is 159 cm³/mol. The summed E-state index contributed by atoms with van der Waals surface area (Å²) in [5.74, 6) is 0. The molecule has 0 aromatic heterocycles. The van der Waals surface area contributed by atoms with Crippen molar-refractivity contribution < 1.29 is 14.0 Å². The van der Waals surface area contributed by atoms with Crippen LogP contribution in [0.5, 0.6) is 0 Å². The van der Waals surface area contributed by atoms with E-state index in [2.05, 4.69) is 60.7 Å². The van der Waals surface area contributed by atoms with E-state index in [9.17, 15) is 0 Å². The average molecular weight is 506 g/mol. The molecule has 4 aromatic carbocycles. The van der Waals surface area contributed by atoms with Gasteiger partial charge in [-0.25, -0.2) is 0 Å². The number of rotatable bonds is 15. The van der Waals surface area contributed by atoms with Crippen LogP contribution in [0, 0.1) is 0 Å². The summed E-state index contributed by atoms with van der Waals surface area (Å²) in [6, 6.07) is 37.3. The minimum absolute atomic E-state index is 0.164. The lowest BCUT2D eigenvalue weighted by Gasteiger charge is -2.19. The first kappa shape index (κ1) is 27.8. The summed E-state index contributed by atoms with van der Waals surface area (Å²) in [4.78, 5) is 0. The van der Waals surface area contributed by atoms with E-state index in [1.54, 1.807) is 0 Å². The molecular formula is C31H36B2N2O3. The van der Waals surface area contributed by atoms with Crippen molar-refractivity contribution in [3.63, 3.8) is 0 Å². The van der Waals surface area contributed by atoms with Crippen molar-refractivity contribution in [2.24, 2.45) is 11.5 Å². The molecule has 0 saturated heterocycles. The Balaban J connectivity index is 1.46. The van der Waals surface area contributed by atoms with Crippen LogP contribution in [0.1, 0.15) is 11.1 Å². The van der Waals surface area contributed by atoms with E-state index in [0.717, 1.165) is 33.8 Å². The highest BCUT2D eigenvalue weighted by Gasteiger charge is 2.25. The Morgan fingerprint density at radius 3 is 1.47 bits per heavy atom. The Bertz CT molecular complexity index is 1130. The van der Waals surface area contributed by atoms with Crippen molar-refractivity contribution in [1.82, 2.24) is 0 Å². The molecule has 0 aliphatic rings. The summed E-state index contributed by atoms with van der Waals surface area (Å²) in [6.45, 7) is 2.67. The maximum atomic E-state index is 6.24. The van der Waals surface area contributed by atoms with Crippen LogP contribution in [0.2, 0.25) is 0 Å². The van der Waals surface area contributed by atoms with Crippen molar-refractivity contribution in [1.29, 1.82) is 0 Å². The van der Waals surface area contributed by atoms with E-state index in [1.807, 2.05) is 48.5 Å². The fourth-order valence-corrected chi connectivity index (χ4v) is 4.66. The smallest absolute Gasteiger partial charge is 0.362 e. The Labute approximate surface area is 227 Å². The van der Waals surface area contributed by atoms with Gasteiger partial charge in [0.25, 0.3) is 0 Å². The van der Waals surface area contributed by atoms with Gasteiger partial charge in [0.2, 0.25) is 0 Å². The van der Waals surface area contributed by atoms with E-state index in [1.165, 1.54) is 5.56 Å². The second kappa shape index (κ2) is 15.3. The molecule has 0 unspecified atom stereocenters. The Kier molecular flexibility index (Phi) is 11.2. The van der Waals surface area contributed by atoms with Crippen molar-refractivity contribution in [3.05, 3.63) is 120 Å². The molecule has 0 amide bonds. The molecule has 0 atom stereocenters. The Morgan fingerprint density at radius 1 is 0.500 bits per heavy atom. The lowest BCUT2D eigenvalue weighted by atomic mass is 9.54. The topological polar surface area (TPSA) is 79.7 Å². The van der Waals surface area contributed by atoms with E-state index >= 15 is 0 Å². The maximum Gasteiger partial charge on any atom is 0.362 e. The number of nitrogens with two attached hydrogens (primary N) is 2. The standard InChI is InChI=1S/C31H36B2N2O3/c34-20-23-37-32(28-13-3-1-4-14-28)30-17-9-7-11-26(30)19-22-36-25-27-12-8-10-18-31(27)33(38-24-21-35)29-15-5-2-6-16-29/h1-18H,19-25,34-35H2. The van der Waals surface area contributed by atoms with Crippen molar-refractivity contribution in [2.45, 2.75) is 13.0 Å². The fourth-order valence-electron chi connectivity index (χ4n) is 4.66. The van der Waals surface area contributed by atoms with Gasteiger partial charge in [0.1, 0.15) is 0 Å². The lowest BCUT2D eigenvalue weighted by molar-refractivity contribution is 0.124. The quantitative estimate of drug-likeness (QED) is 0.189. The van der Waals surface area contributed by atoms with Gasteiger partial charge in [-0.3, -0.25) is 0 Å². The lowest BCUT2D eigenvalue weighted by Crippen LogP contribution is -2.47. The molecular weight excluding hydrogens is 470 g/mol. The van der Waals surface area contributed by atoms with Gasteiger partial charge in [0.05, 0.1) is 13.2 Å². The van der Waals surface area contributed by atoms with Crippen LogP contribution in [0.3, 0.4) is 0 Å². The number of benzene rings is 4. The third-order valence-corrected chi connectivity index (χ3v) is 6.46. The van der Waals surface area contributed by atoms with Gasteiger partial charge < -0.3 is 25.5 Å². The van der Waals surface area contributed by atoms with Gasteiger partial charge in [-0.05, 0) is 39.4 Å². The fraction of sp³-hybridized carbons (Fsp3) is 0.226. The largest absolute Gasteiger partial charge is 0.426 e. The van der Waals surface area contributed by atoms with Gasteiger partial charge in [0.15, 0.2) is 0 Å². The minimum atomic E-state index is -0.188. The van der Waals surface area contributed by atoms with Crippen molar-refractivity contribution in [2.75, 3.05) is 32.9 Å². The number of hydrogen-bond acceptors (Lipinski definition) is 5. The van der Waals surface area contributed by atoms with Crippen LogP contribution in [0.25, 0.3) is 0 Å². The molecule has 7 heteroatoms. The second-order valence-electron chi connectivity index (χ2n) is 9.10. The summed E-state index contributed by atoms with van der Waals surface area (Å²) in [5, 5.41) is 0. The van der Waals surface area contributed by atoms with E-state index in [0.29, 0.717) is 39.5 Å². The summed E-state index contributed by atoms with van der Waals surface area (Å²) in [7, 11) is 0. The molecule has 5 nitrogen and oxygen atoms in total. The molecule has 194 valence electrons. The van der Waals surface area contributed by atoms with E-state index < -0.39 is 0 Å². The van der Waals surface area contributed by atoms with Gasteiger partial charge >= 0.3 is 13.8 Å². The Hall–Kier alpha value is -3.19. The number of ether oxygens (including phenoxy) is 1. The second-order valence-corrected chi connectivity index (χ2v) is 9.10. The zero-order chi connectivity index (χ0) is 26.4. The van der Waals surface area contributed by atoms with Crippen LogP contribution in [0.15, 0.2) is 109 Å². The normalized spacial score (nSPS) is 10.9. The summed E-state index contributed by atoms with van der Waals surface area (Å²) in [6.07, 6.45) is 0.777. The van der Waals surface area contributed by atoms with Crippen LogP contribution < -0.4 is 33.3 Å². The van der Waals surface area contributed by atoms with Gasteiger partial charge in [-0.1, -0.05) is 109 Å². The molecule has 4 rings (SSSR count). The van der Waals surface area contributed by atoms with Crippen LogP contribution in [-0.2, 0) is 27.1 Å². The van der Waals surface area contributed by atoms with Crippen LogP contribution in [-0.4, -0.2) is 46.7 Å². The first-order valence-corrected chi connectivity index (χ1v) is 13.3. The highest BCUT2D eigenvalue weighted by atomic mass is 16.5. The molecule has 0 heterocycles. The summed E-state index contributed by atoms with van der Waals surface area (Å²) in [5.41, 5.74) is 18.3. The highest BCUT2D eigenvalue weighted by molar-refractivity contribution is 6.80. The zero-order valence-electron chi connectivity index (χ0n) is 21.9. The predicted octanol–water partition coefficient (Wildman–Crippen LogP) is 1.61. The molecule has 0 fully saturated rings. The first-order valence-electron chi connectivity index (χ1n) is 13.3. The molecule has 4 N–H and O–H groups in total. The van der Waals surface area contributed by atoms with Gasteiger partial charge in [0, 0.05) is 26.3 Å². The average Bonchev–Trinajstić information content (AvgIpc) is 2.98. The van der Waals surface area contributed by atoms with E-state index in [-0.39, 0.29) is 13.8 Å². The van der Waals surface area contributed by atoms with Crippen molar-refractivity contribution in [3.8, 4) is 0 Å². The molecule has 0 saturated carbocycles. The maximum absolute atomic E-state index is 6.24. The molecule has 0 spiro atoms. The van der Waals surface area contributed by atoms with Crippen molar-refractivity contribution >= 4 is 35.7 Å². The summed E-state index contributed by atoms with van der Waals surface area (Å²) < 4.78 is 18.6. The van der Waals surface area contributed by atoms with Gasteiger partial charge in [-0.15, -0.1) is 0 Å². The monoisotopic (exact) mass is 506 g/mol. The van der Waals surface area contributed by atoms with E-state index in [4.69, 9.17) is 25.5 Å². The first-order chi connectivity index (χ1) is 18.8. The zero-order valence-corrected chi connectivity index (χ0v) is 21.9. The molecule has 0 radical (unpaired) electrons.